The summed E-state index contributed by atoms with van der Waals surface area (Å²) in [5.41, 5.74) is 1.20. The van der Waals surface area contributed by atoms with Gasteiger partial charge in [-0.1, -0.05) is 30.3 Å². The van der Waals surface area contributed by atoms with E-state index in [0.717, 1.165) is 40.6 Å². The topological polar surface area (TPSA) is 68.5 Å². The molecule has 7 heteroatoms. The van der Waals surface area contributed by atoms with Crippen LogP contribution in [0.15, 0.2) is 42.7 Å². The van der Waals surface area contributed by atoms with Crippen LogP contribution in [0, 0.1) is 0 Å². The molecule has 1 aliphatic rings. The van der Waals surface area contributed by atoms with Crippen molar-refractivity contribution in [1.82, 2.24) is 24.7 Å². The van der Waals surface area contributed by atoms with Gasteiger partial charge in [-0.15, -0.1) is 21.5 Å². The fourth-order valence-electron chi connectivity index (χ4n) is 3.64. The highest BCUT2D eigenvalue weighted by Gasteiger charge is 2.21. The minimum atomic E-state index is 0.0301. The molecule has 1 aromatic carbocycles. The summed E-state index contributed by atoms with van der Waals surface area (Å²) in [5, 5.41) is 13.4. The molecule has 0 radical (unpaired) electrons. The van der Waals surface area contributed by atoms with Gasteiger partial charge < -0.3 is 9.88 Å². The lowest BCUT2D eigenvalue weighted by molar-refractivity contribution is 0.500. The van der Waals surface area contributed by atoms with E-state index in [9.17, 15) is 0 Å². The number of hydrogen-bond donors (Lipinski definition) is 1. The molecule has 0 bridgehead atoms. The fraction of sp³-hybridized carbons (Fsp3) is 0.300. The van der Waals surface area contributed by atoms with Crippen LogP contribution in [-0.4, -0.2) is 24.7 Å². The average Bonchev–Trinajstić information content (AvgIpc) is 3.34. The number of benzene rings is 1. The van der Waals surface area contributed by atoms with Gasteiger partial charge in [0, 0.05) is 17.8 Å². The summed E-state index contributed by atoms with van der Waals surface area (Å²) in [6.45, 7) is 3.11. The normalized spacial score (nSPS) is 14.9. The summed E-state index contributed by atoms with van der Waals surface area (Å²) >= 11 is 1.69. The molecule has 4 heterocycles. The third-order valence-electron chi connectivity index (χ3n) is 5.02. The maximum absolute atomic E-state index is 4.50. The van der Waals surface area contributed by atoms with Gasteiger partial charge in [0.25, 0.3) is 0 Å². The Kier molecular flexibility index (Phi) is 4.09. The van der Waals surface area contributed by atoms with Gasteiger partial charge >= 0.3 is 0 Å². The van der Waals surface area contributed by atoms with Crippen LogP contribution in [0.4, 0.5) is 5.82 Å². The van der Waals surface area contributed by atoms with Crippen molar-refractivity contribution in [2.45, 2.75) is 38.8 Å². The zero-order chi connectivity index (χ0) is 18.2. The molecule has 0 spiro atoms. The second-order valence-electron chi connectivity index (χ2n) is 6.87. The zero-order valence-electron chi connectivity index (χ0n) is 15.1. The van der Waals surface area contributed by atoms with Crippen molar-refractivity contribution in [1.29, 1.82) is 0 Å². The van der Waals surface area contributed by atoms with Gasteiger partial charge in [0.05, 0.1) is 11.4 Å². The van der Waals surface area contributed by atoms with Crippen molar-refractivity contribution in [2.75, 3.05) is 5.32 Å². The third kappa shape index (κ3) is 2.98. The van der Waals surface area contributed by atoms with Gasteiger partial charge in [-0.2, -0.15) is 0 Å². The first-order valence-electron chi connectivity index (χ1n) is 9.28. The molecule has 6 nitrogen and oxygen atoms in total. The molecule has 27 heavy (non-hydrogen) atoms. The third-order valence-corrected chi connectivity index (χ3v) is 6.11. The molecule has 1 N–H and O–H groups in total. The minimum absolute atomic E-state index is 0.0301. The van der Waals surface area contributed by atoms with E-state index in [1.165, 1.54) is 23.3 Å². The number of fused-ring (bicyclic) bond motifs is 2. The first-order valence-corrected chi connectivity index (χ1v) is 10.1. The van der Waals surface area contributed by atoms with Crippen molar-refractivity contribution in [2.24, 2.45) is 0 Å². The zero-order valence-corrected chi connectivity index (χ0v) is 15.9. The van der Waals surface area contributed by atoms with Crippen molar-refractivity contribution in [3.8, 4) is 10.4 Å². The molecule has 3 aromatic heterocycles. The highest BCUT2D eigenvalue weighted by atomic mass is 32.1. The first kappa shape index (κ1) is 16.4. The highest BCUT2D eigenvalue weighted by Crippen LogP contribution is 2.35. The predicted octanol–water partition coefficient (Wildman–Crippen LogP) is 4.46. The van der Waals surface area contributed by atoms with Gasteiger partial charge in [-0.05, 0) is 31.4 Å². The number of aryl methyl sites for hydroxylation is 1. The molecule has 0 amide bonds. The predicted molar refractivity (Wildman–Crippen MR) is 108 cm³/mol. The Labute approximate surface area is 161 Å². The molecule has 0 saturated carbocycles. The number of rotatable bonds is 4. The SMILES string of the molecule is CC(Nc1ncnc2sc(-c3ccccc3)cc12)c1nnc2n1CCCC2. The van der Waals surface area contributed by atoms with Crippen LogP contribution in [0.25, 0.3) is 20.7 Å². The summed E-state index contributed by atoms with van der Waals surface area (Å²) in [5.74, 6) is 2.92. The number of nitrogens with one attached hydrogen (secondary N) is 1. The lowest BCUT2D eigenvalue weighted by Gasteiger charge is -2.19. The number of aromatic nitrogens is 5. The van der Waals surface area contributed by atoms with Crippen LogP contribution in [0.1, 0.15) is 37.5 Å². The van der Waals surface area contributed by atoms with Crippen molar-refractivity contribution in [3.63, 3.8) is 0 Å². The van der Waals surface area contributed by atoms with E-state index in [1.54, 1.807) is 17.7 Å². The van der Waals surface area contributed by atoms with Crippen molar-refractivity contribution >= 4 is 27.4 Å². The molecule has 5 rings (SSSR count). The molecule has 0 fully saturated rings. The van der Waals surface area contributed by atoms with Gasteiger partial charge in [0.1, 0.15) is 22.8 Å². The van der Waals surface area contributed by atoms with Crippen LogP contribution in [0.3, 0.4) is 0 Å². The molecule has 136 valence electrons. The lowest BCUT2D eigenvalue weighted by atomic mass is 10.1. The minimum Gasteiger partial charge on any atom is -0.360 e. The van der Waals surface area contributed by atoms with Gasteiger partial charge in [0.15, 0.2) is 5.82 Å². The van der Waals surface area contributed by atoms with Crippen LogP contribution in [-0.2, 0) is 13.0 Å². The van der Waals surface area contributed by atoms with E-state index in [0.29, 0.717) is 0 Å². The Morgan fingerprint density at radius 2 is 2.00 bits per heavy atom. The monoisotopic (exact) mass is 376 g/mol. The maximum Gasteiger partial charge on any atom is 0.155 e. The quantitative estimate of drug-likeness (QED) is 0.569. The first-order chi connectivity index (χ1) is 13.3. The Hall–Kier alpha value is -2.80. The van der Waals surface area contributed by atoms with Gasteiger partial charge in [-0.25, -0.2) is 9.97 Å². The Balaban J connectivity index is 1.48. The van der Waals surface area contributed by atoms with Crippen LogP contribution < -0.4 is 5.32 Å². The number of thiophene rings is 1. The molecule has 0 aliphatic carbocycles. The standard InChI is InChI=1S/C20H20N6S/c1-13(19-25-24-17-9-5-6-10-26(17)19)23-18-15-11-16(14-7-3-2-4-8-14)27-20(15)22-12-21-18/h2-4,7-8,11-13H,5-6,9-10H2,1H3,(H,21,22,23). The number of anilines is 1. The molecule has 1 aliphatic heterocycles. The average molecular weight is 376 g/mol. The van der Waals surface area contributed by atoms with E-state index in [1.807, 2.05) is 6.07 Å². The van der Waals surface area contributed by atoms with E-state index in [2.05, 4.69) is 67.3 Å². The summed E-state index contributed by atoms with van der Waals surface area (Å²) in [6, 6.07) is 12.6. The second kappa shape index (κ2) is 6.74. The molecular weight excluding hydrogens is 356 g/mol. The molecule has 1 atom stereocenters. The van der Waals surface area contributed by atoms with Crippen molar-refractivity contribution in [3.05, 3.63) is 54.4 Å². The Morgan fingerprint density at radius 3 is 2.89 bits per heavy atom. The van der Waals surface area contributed by atoms with Crippen molar-refractivity contribution < 1.29 is 0 Å². The fourth-order valence-corrected chi connectivity index (χ4v) is 4.64. The summed E-state index contributed by atoms with van der Waals surface area (Å²) in [7, 11) is 0. The van der Waals surface area contributed by atoms with Gasteiger partial charge in [0.2, 0.25) is 0 Å². The van der Waals surface area contributed by atoms with E-state index < -0.39 is 0 Å². The lowest BCUT2D eigenvalue weighted by Crippen LogP contribution is -2.18. The van der Waals surface area contributed by atoms with Crippen LogP contribution >= 0.6 is 11.3 Å². The van der Waals surface area contributed by atoms with E-state index in [4.69, 9.17) is 0 Å². The van der Waals surface area contributed by atoms with Gasteiger partial charge in [-0.3, -0.25) is 0 Å². The molecule has 0 saturated heterocycles. The summed E-state index contributed by atoms with van der Waals surface area (Å²) in [4.78, 5) is 11.1. The molecule has 4 aromatic rings. The smallest absolute Gasteiger partial charge is 0.155 e. The van der Waals surface area contributed by atoms with E-state index in [-0.39, 0.29) is 6.04 Å². The largest absolute Gasteiger partial charge is 0.360 e. The summed E-state index contributed by atoms with van der Waals surface area (Å²) in [6.07, 6.45) is 5.03. The molecule has 1 unspecified atom stereocenters. The van der Waals surface area contributed by atoms with Crippen LogP contribution in [0.5, 0.6) is 0 Å². The highest BCUT2D eigenvalue weighted by molar-refractivity contribution is 7.21. The Morgan fingerprint density at radius 1 is 1.11 bits per heavy atom. The van der Waals surface area contributed by atoms with Crippen LogP contribution in [0.2, 0.25) is 0 Å². The maximum atomic E-state index is 4.50. The Bertz CT molecular complexity index is 1080. The second-order valence-corrected chi connectivity index (χ2v) is 7.90. The van der Waals surface area contributed by atoms with E-state index >= 15 is 0 Å². The summed E-state index contributed by atoms with van der Waals surface area (Å²) < 4.78 is 2.25. The number of nitrogens with zero attached hydrogens (tertiary/aromatic N) is 5. The molecular formula is C20H20N6S. The number of hydrogen-bond acceptors (Lipinski definition) is 6.